The average molecular weight is 323 g/mol. The first-order valence-corrected chi connectivity index (χ1v) is 8.03. The molecule has 0 aliphatic carbocycles. The first-order valence-electron chi connectivity index (χ1n) is 6.77. The average Bonchev–Trinajstić information content (AvgIpc) is 2.96. The van der Waals surface area contributed by atoms with Crippen LogP contribution >= 0.6 is 22.9 Å². The van der Waals surface area contributed by atoms with Gasteiger partial charge in [-0.3, -0.25) is 9.69 Å². The van der Waals surface area contributed by atoms with Gasteiger partial charge in [-0.25, -0.2) is 0 Å². The van der Waals surface area contributed by atoms with Crippen LogP contribution in [0.15, 0.2) is 35.7 Å². The molecule has 1 unspecified atom stereocenters. The molecule has 0 bridgehead atoms. The molecule has 112 valence electrons. The van der Waals surface area contributed by atoms with E-state index in [4.69, 9.17) is 11.6 Å². The summed E-state index contributed by atoms with van der Waals surface area (Å²) in [7, 11) is 1.95. The van der Waals surface area contributed by atoms with Gasteiger partial charge < -0.3 is 5.32 Å². The lowest BCUT2D eigenvalue weighted by atomic mass is 10.2. The van der Waals surface area contributed by atoms with Crippen LogP contribution in [-0.2, 0) is 4.79 Å². The number of carbonyl (C=O) groups is 1. The molecule has 21 heavy (non-hydrogen) atoms. The molecule has 0 aliphatic rings. The molecule has 0 aliphatic heterocycles. The van der Waals surface area contributed by atoms with Gasteiger partial charge in [0, 0.05) is 21.6 Å². The first-order chi connectivity index (χ1) is 9.97. The van der Waals surface area contributed by atoms with Gasteiger partial charge in [-0.1, -0.05) is 23.7 Å². The summed E-state index contributed by atoms with van der Waals surface area (Å²) < 4.78 is 0. The van der Waals surface area contributed by atoms with Crippen molar-refractivity contribution in [3.63, 3.8) is 0 Å². The fraction of sp³-hybridized carbons (Fsp3) is 0.312. The minimum Gasteiger partial charge on any atom is -0.325 e. The summed E-state index contributed by atoms with van der Waals surface area (Å²) in [5.41, 5.74) is 1.77. The Morgan fingerprint density at radius 1 is 1.43 bits per heavy atom. The summed E-state index contributed by atoms with van der Waals surface area (Å²) in [6.07, 6.45) is 0. The third-order valence-corrected chi connectivity index (χ3v) is 4.76. The van der Waals surface area contributed by atoms with Gasteiger partial charge >= 0.3 is 0 Å². The van der Waals surface area contributed by atoms with Gasteiger partial charge in [-0.2, -0.15) is 0 Å². The summed E-state index contributed by atoms with van der Waals surface area (Å²) >= 11 is 7.67. The second kappa shape index (κ2) is 7.07. The third kappa shape index (κ3) is 4.30. The van der Waals surface area contributed by atoms with E-state index in [1.54, 1.807) is 17.4 Å². The number of nitrogens with zero attached hydrogens (tertiary/aromatic N) is 1. The van der Waals surface area contributed by atoms with E-state index in [2.05, 4.69) is 23.7 Å². The standard InChI is InChI=1S/C16H19ClN2OS/c1-11-6-7-13(17)9-14(11)18-16(20)10-19(3)12(2)15-5-4-8-21-15/h4-9,12H,10H2,1-3H3,(H,18,20). The van der Waals surface area contributed by atoms with E-state index in [-0.39, 0.29) is 11.9 Å². The SMILES string of the molecule is Cc1ccc(Cl)cc1NC(=O)CN(C)C(C)c1cccs1. The Morgan fingerprint density at radius 3 is 2.86 bits per heavy atom. The molecule has 0 spiro atoms. The van der Waals surface area contributed by atoms with Crippen LogP contribution in [0.3, 0.4) is 0 Å². The van der Waals surface area contributed by atoms with Crippen LogP contribution in [0.1, 0.15) is 23.4 Å². The van der Waals surface area contributed by atoms with Crippen LogP contribution in [0, 0.1) is 6.92 Å². The second-order valence-electron chi connectivity index (χ2n) is 5.11. The molecule has 1 heterocycles. The topological polar surface area (TPSA) is 32.3 Å². The molecule has 5 heteroatoms. The lowest BCUT2D eigenvalue weighted by Gasteiger charge is -2.23. The number of aryl methyl sites for hydroxylation is 1. The van der Waals surface area contributed by atoms with E-state index in [1.165, 1.54) is 4.88 Å². The zero-order valence-corrected chi connectivity index (χ0v) is 14.0. The lowest BCUT2D eigenvalue weighted by molar-refractivity contribution is -0.117. The quantitative estimate of drug-likeness (QED) is 0.888. The Bertz CT molecular complexity index is 613. The van der Waals surface area contributed by atoms with Crippen molar-refractivity contribution >= 4 is 34.5 Å². The Morgan fingerprint density at radius 2 is 2.19 bits per heavy atom. The number of likely N-dealkylation sites (N-methyl/N-ethyl adjacent to an activating group) is 1. The van der Waals surface area contributed by atoms with Gasteiger partial charge in [0.2, 0.25) is 5.91 Å². The van der Waals surface area contributed by atoms with Crippen molar-refractivity contribution in [3.05, 3.63) is 51.2 Å². The van der Waals surface area contributed by atoms with Crippen molar-refractivity contribution in [2.45, 2.75) is 19.9 Å². The Kier molecular flexibility index (Phi) is 5.39. The van der Waals surface area contributed by atoms with Gasteiger partial charge in [-0.05, 0) is 50.0 Å². The highest BCUT2D eigenvalue weighted by molar-refractivity contribution is 7.10. The highest BCUT2D eigenvalue weighted by Gasteiger charge is 2.16. The number of hydrogen-bond acceptors (Lipinski definition) is 3. The van der Waals surface area contributed by atoms with Gasteiger partial charge in [0.25, 0.3) is 0 Å². The maximum Gasteiger partial charge on any atom is 0.238 e. The van der Waals surface area contributed by atoms with E-state index < -0.39 is 0 Å². The lowest BCUT2D eigenvalue weighted by Crippen LogP contribution is -2.32. The Hall–Kier alpha value is -1.36. The van der Waals surface area contributed by atoms with E-state index in [0.717, 1.165) is 11.3 Å². The zero-order valence-electron chi connectivity index (χ0n) is 12.4. The summed E-state index contributed by atoms with van der Waals surface area (Å²) in [5.74, 6) is -0.0359. The molecule has 1 amide bonds. The van der Waals surface area contributed by atoms with Crippen molar-refractivity contribution in [2.75, 3.05) is 18.9 Å². The Balaban J connectivity index is 1.96. The fourth-order valence-corrected chi connectivity index (χ4v) is 3.05. The summed E-state index contributed by atoms with van der Waals surface area (Å²) in [6.45, 7) is 4.39. The molecular formula is C16H19ClN2OS. The van der Waals surface area contributed by atoms with Crippen LogP contribution in [0.5, 0.6) is 0 Å². The molecule has 0 saturated heterocycles. The van der Waals surface area contributed by atoms with Crippen LogP contribution < -0.4 is 5.32 Å². The fourth-order valence-electron chi connectivity index (χ4n) is 2.03. The van der Waals surface area contributed by atoms with Gasteiger partial charge in [-0.15, -0.1) is 11.3 Å². The molecule has 1 aromatic heterocycles. The maximum atomic E-state index is 12.2. The zero-order chi connectivity index (χ0) is 15.4. The molecule has 1 aromatic carbocycles. The normalized spacial score (nSPS) is 12.4. The summed E-state index contributed by atoms with van der Waals surface area (Å²) in [6, 6.07) is 9.83. The maximum absolute atomic E-state index is 12.2. The second-order valence-corrected chi connectivity index (χ2v) is 6.53. The summed E-state index contributed by atoms with van der Waals surface area (Å²) in [5, 5.41) is 5.59. The van der Waals surface area contributed by atoms with E-state index >= 15 is 0 Å². The summed E-state index contributed by atoms with van der Waals surface area (Å²) in [4.78, 5) is 15.5. The largest absolute Gasteiger partial charge is 0.325 e. The van der Waals surface area contributed by atoms with Crippen LogP contribution in [0.4, 0.5) is 5.69 Å². The molecular weight excluding hydrogens is 304 g/mol. The van der Waals surface area contributed by atoms with Crippen molar-refractivity contribution in [2.24, 2.45) is 0 Å². The number of anilines is 1. The number of halogens is 1. The van der Waals surface area contributed by atoms with Crippen LogP contribution in [-0.4, -0.2) is 24.4 Å². The molecule has 3 nitrogen and oxygen atoms in total. The van der Waals surface area contributed by atoms with E-state index in [1.807, 2.05) is 37.1 Å². The number of nitrogens with one attached hydrogen (secondary N) is 1. The number of carbonyl (C=O) groups excluding carboxylic acids is 1. The molecule has 1 N–H and O–H groups in total. The number of rotatable bonds is 5. The minimum atomic E-state index is -0.0359. The predicted octanol–water partition coefficient (Wildman–Crippen LogP) is 4.34. The minimum absolute atomic E-state index is 0.0359. The number of benzene rings is 1. The highest BCUT2D eigenvalue weighted by atomic mass is 35.5. The smallest absolute Gasteiger partial charge is 0.238 e. The van der Waals surface area contributed by atoms with Crippen LogP contribution in [0.25, 0.3) is 0 Å². The first kappa shape index (κ1) is 16.0. The predicted molar refractivity (Wildman–Crippen MR) is 90.2 cm³/mol. The van der Waals surface area contributed by atoms with Gasteiger partial charge in [0.05, 0.1) is 6.54 Å². The van der Waals surface area contributed by atoms with Crippen LogP contribution in [0.2, 0.25) is 5.02 Å². The van der Waals surface area contributed by atoms with Crippen molar-refractivity contribution in [1.82, 2.24) is 4.90 Å². The number of thiophene rings is 1. The van der Waals surface area contributed by atoms with Crippen molar-refractivity contribution < 1.29 is 4.79 Å². The van der Waals surface area contributed by atoms with E-state index in [9.17, 15) is 4.79 Å². The van der Waals surface area contributed by atoms with E-state index in [0.29, 0.717) is 11.6 Å². The molecule has 2 aromatic rings. The molecule has 1 atom stereocenters. The number of hydrogen-bond donors (Lipinski definition) is 1. The van der Waals surface area contributed by atoms with Gasteiger partial charge in [0.1, 0.15) is 0 Å². The third-order valence-electron chi connectivity index (χ3n) is 3.48. The molecule has 0 radical (unpaired) electrons. The van der Waals surface area contributed by atoms with Gasteiger partial charge in [0.15, 0.2) is 0 Å². The number of amides is 1. The highest BCUT2D eigenvalue weighted by Crippen LogP contribution is 2.24. The Labute approximate surface area is 134 Å². The monoisotopic (exact) mass is 322 g/mol. The molecule has 0 fully saturated rings. The van der Waals surface area contributed by atoms with Crippen molar-refractivity contribution in [1.29, 1.82) is 0 Å². The molecule has 0 saturated carbocycles. The molecule has 2 rings (SSSR count). The van der Waals surface area contributed by atoms with Crippen molar-refractivity contribution in [3.8, 4) is 0 Å².